The van der Waals surface area contributed by atoms with Crippen molar-refractivity contribution in [2.45, 2.75) is 34.6 Å². The Morgan fingerprint density at radius 1 is 0.490 bits per heavy atom. The van der Waals surface area contributed by atoms with Crippen LogP contribution in [0.3, 0.4) is 0 Å². The maximum absolute atomic E-state index is 11.0. The van der Waals surface area contributed by atoms with Crippen molar-refractivity contribution in [2.75, 3.05) is 11.9 Å². The van der Waals surface area contributed by atoms with Gasteiger partial charge in [0.1, 0.15) is 22.9 Å². The number of fused-ring (bicyclic) bond motifs is 1. The topological polar surface area (TPSA) is 166 Å². The first-order chi connectivity index (χ1) is 24.4. The number of benzene rings is 1. The van der Waals surface area contributed by atoms with E-state index in [2.05, 4.69) is 29.9 Å². The Hall–Kier alpha value is -6.69. The highest BCUT2D eigenvalue weighted by Crippen LogP contribution is 2.11. The molecule has 0 N–H and O–H groups in total. The second kappa shape index (κ2) is 22.0. The van der Waals surface area contributed by atoms with Gasteiger partial charge in [-0.3, -0.25) is 38.9 Å². The molecule has 0 aliphatic heterocycles. The van der Waals surface area contributed by atoms with Crippen LogP contribution < -0.4 is 4.90 Å². The summed E-state index contributed by atoms with van der Waals surface area (Å²) in [7, 11) is 1.70. The lowest BCUT2D eigenvalue weighted by Crippen LogP contribution is -2.23. The summed E-state index contributed by atoms with van der Waals surface area (Å²) in [5, 5.41) is 1.06. The second-order valence-corrected chi connectivity index (χ2v) is 10.4. The molecular formula is C39H39N7O5. The van der Waals surface area contributed by atoms with Crippen molar-refractivity contribution >= 4 is 45.8 Å². The van der Waals surface area contributed by atoms with Crippen LogP contribution in [-0.2, 0) is 4.79 Å². The van der Waals surface area contributed by atoms with Crippen LogP contribution in [0.5, 0.6) is 0 Å². The van der Waals surface area contributed by atoms with Crippen molar-refractivity contribution in [1.82, 2.24) is 29.9 Å². The van der Waals surface area contributed by atoms with E-state index in [0.29, 0.717) is 28.5 Å². The summed E-state index contributed by atoms with van der Waals surface area (Å²) in [6.07, 6.45) is 11.0. The van der Waals surface area contributed by atoms with Crippen LogP contribution in [0.15, 0.2) is 128 Å². The molecule has 0 bridgehead atoms. The standard InChI is InChI=1S/C11H9NO.C8H10N2O.2C7H7NO.C6H6N2O/c1-8(13)10-7-6-9-4-2-3-5-11(9)12-10;1-7(11)10(2)8-5-3-4-6-9-8;1-6(9)7-3-2-4-8-5-7;1-6(9)7-4-2-3-5-8-7;1-5(9)6-4-7-2-3-8-6/h2-7H,1H3;3-6H,1-2H3;2*2-5H,1H3;2-4H,1H3. The molecule has 0 radical (unpaired) electrons. The first-order valence-electron chi connectivity index (χ1n) is 15.5. The lowest BCUT2D eigenvalue weighted by Gasteiger charge is -2.12. The number of Topliss-reactive ketones (excluding diaryl/α,β-unsaturated/α-hetero) is 4. The molecule has 6 rings (SSSR count). The number of hydrogen-bond donors (Lipinski definition) is 0. The molecule has 0 saturated heterocycles. The predicted octanol–water partition coefficient (Wildman–Crippen LogP) is 6.75. The second-order valence-electron chi connectivity index (χ2n) is 10.4. The van der Waals surface area contributed by atoms with Gasteiger partial charge in [-0.05, 0) is 55.5 Å². The van der Waals surface area contributed by atoms with E-state index in [1.54, 1.807) is 74.3 Å². The molecule has 5 heterocycles. The number of carbonyl (C=O) groups excluding carboxylic acids is 5. The number of pyridine rings is 4. The van der Waals surface area contributed by atoms with Crippen LogP contribution in [0.1, 0.15) is 76.4 Å². The number of para-hydroxylation sites is 1. The number of hydrogen-bond acceptors (Lipinski definition) is 11. The first kappa shape index (κ1) is 40.5. The van der Waals surface area contributed by atoms with E-state index in [-0.39, 0.29) is 29.0 Å². The molecular weight excluding hydrogens is 646 g/mol. The molecule has 0 unspecified atom stereocenters. The fourth-order valence-electron chi connectivity index (χ4n) is 3.60. The highest BCUT2D eigenvalue weighted by Gasteiger charge is 2.04. The summed E-state index contributed by atoms with van der Waals surface area (Å²) in [5.41, 5.74) is 3.00. The molecule has 0 spiro atoms. The monoisotopic (exact) mass is 685 g/mol. The highest BCUT2D eigenvalue weighted by molar-refractivity contribution is 5.95. The Morgan fingerprint density at radius 3 is 1.55 bits per heavy atom. The fraction of sp³-hybridized carbons (Fsp3) is 0.154. The molecule has 0 aliphatic rings. The van der Waals surface area contributed by atoms with Gasteiger partial charge in [-0.15, -0.1) is 0 Å². The summed E-state index contributed by atoms with van der Waals surface area (Å²) < 4.78 is 0. The fourth-order valence-corrected chi connectivity index (χ4v) is 3.60. The molecule has 0 atom stereocenters. The SMILES string of the molecule is CC(=O)N(C)c1ccccn1.CC(=O)c1ccc2ccccc2n1.CC(=O)c1ccccn1.CC(=O)c1cccnc1.CC(=O)c1cnccn1. The van der Waals surface area contributed by atoms with E-state index in [9.17, 15) is 24.0 Å². The summed E-state index contributed by atoms with van der Waals surface area (Å²) in [5.74, 6) is 0.691. The normalized spacial score (nSPS) is 9.37. The molecule has 0 saturated carbocycles. The minimum absolute atomic E-state index is 0.00533. The van der Waals surface area contributed by atoms with Gasteiger partial charge in [0.25, 0.3) is 0 Å². The predicted molar refractivity (Wildman–Crippen MR) is 196 cm³/mol. The molecule has 12 nitrogen and oxygen atoms in total. The number of aromatic nitrogens is 6. The van der Waals surface area contributed by atoms with E-state index in [0.717, 1.165) is 10.9 Å². The van der Waals surface area contributed by atoms with E-state index < -0.39 is 0 Å². The molecule has 6 aromatic rings. The number of carbonyl (C=O) groups is 5. The van der Waals surface area contributed by atoms with Crippen molar-refractivity contribution in [3.05, 3.63) is 151 Å². The smallest absolute Gasteiger partial charge is 0.224 e. The number of anilines is 1. The lowest BCUT2D eigenvalue weighted by atomic mass is 10.2. The maximum atomic E-state index is 11.0. The van der Waals surface area contributed by atoms with Gasteiger partial charge in [0.2, 0.25) is 5.91 Å². The zero-order valence-electron chi connectivity index (χ0n) is 29.3. The molecule has 1 aromatic carbocycles. The summed E-state index contributed by atoms with van der Waals surface area (Å²) >= 11 is 0. The largest absolute Gasteiger partial charge is 0.300 e. The van der Waals surface area contributed by atoms with Crippen LogP contribution >= 0.6 is 0 Å². The van der Waals surface area contributed by atoms with Crippen LogP contribution in [0, 0.1) is 0 Å². The van der Waals surface area contributed by atoms with Crippen LogP contribution in [0.4, 0.5) is 5.82 Å². The Balaban J connectivity index is 0.000000223. The number of ketones is 4. The van der Waals surface area contributed by atoms with Gasteiger partial charge in [-0.25, -0.2) is 15.0 Å². The molecule has 0 fully saturated rings. The Kier molecular flexibility index (Phi) is 17.5. The highest BCUT2D eigenvalue weighted by atomic mass is 16.2. The average Bonchev–Trinajstić information content (AvgIpc) is 3.16. The molecule has 51 heavy (non-hydrogen) atoms. The van der Waals surface area contributed by atoms with Gasteiger partial charge in [-0.1, -0.05) is 36.4 Å². The van der Waals surface area contributed by atoms with Crippen LogP contribution in [0.2, 0.25) is 0 Å². The molecule has 0 aliphatic carbocycles. The third-order valence-corrected chi connectivity index (χ3v) is 6.44. The van der Waals surface area contributed by atoms with Crippen molar-refractivity contribution in [3.63, 3.8) is 0 Å². The zero-order chi connectivity index (χ0) is 37.6. The van der Waals surface area contributed by atoms with Crippen LogP contribution in [0.25, 0.3) is 10.9 Å². The first-order valence-corrected chi connectivity index (χ1v) is 15.5. The lowest BCUT2D eigenvalue weighted by molar-refractivity contribution is -0.116. The number of rotatable bonds is 5. The molecule has 1 amide bonds. The van der Waals surface area contributed by atoms with E-state index in [1.807, 2.05) is 42.5 Å². The Bertz CT molecular complexity index is 1880. The number of amides is 1. The van der Waals surface area contributed by atoms with Crippen molar-refractivity contribution in [1.29, 1.82) is 0 Å². The van der Waals surface area contributed by atoms with Gasteiger partial charge in [0.15, 0.2) is 23.1 Å². The minimum Gasteiger partial charge on any atom is -0.300 e. The summed E-state index contributed by atoms with van der Waals surface area (Å²) in [4.78, 5) is 78.4. The quantitative estimate of drug-likeness (QED) is 0.176. The van der Waals surface area contributed by atoms with E-state index in [1.165, 1.54) is 58.1 Å². The minimum atomic E-state index is -0.0527. The van der Waals surface area contributed by atoms with E-state index >= 15 is 0 Å². The van der Waals surface area contributed by atoms with Crippen molar-refractivity contribution in [2.24, 2.45) is 0 Å². The van der Waals surface area contributed by atoms with Gasteiger partial charge in [0, 0.05) is 82.9 Å². The Labute approximate surface area is 296 Å². The van der Waals surface area contributed by atoms with Gasteiger partial charge in [0.05, 0.1) is 11.7 Å². The number of nitrogens with zero attached hydrogens (tertiary/aromatic N) is 7. The summed E-state index contributed by atoms with van der Waals surface area (Å²) in [6.45, 7) is 7.52. The molecule has 12 heteroatoms. The average molecular weight is 686 g/mol. The molecule has 5 aromatic heterocycles. The Morgan fingerprint density at radius 2 is 1.10 bits per heavy atom. The van der Waals surface area contributed by atoms with Gasteiger partial charge in [-0.2, -0.15) is 0 Å². The third kappa shape index (κ3) is 15.4. The third-order valence-electron chi connectivity index (χ3n) is 6.44. The van der Waals surface area contributed by atoms with Crippen molar-refractivity contribution < 1.29 is 24.0 Å². The van der Waals surface area contributed by atoms with Crippen molar-refractivity contribution in [3.8, 4) is 0 Å². The van der Waals surface area contributed by atoms with E-state index in [4.69, 9.17) is 0 Å². The zero-order valence-corrected chi connectivity index (χ0v) is 29.3. The summed E-state index contributed by atoms with van der Waals surface area (Å²) in [6, 6.07) is 25.7. The maximum Gasteiger partial charge on any atom is 0.224 e. The molecule has 260 valence electrons. The van der Waals surface area contributed by atoms with Gasteiger partial charge >= 0.3 is 0 Å². The van der Waals surface area contributed by atoms with Gasteiger partial charge < -0.3 is 4.90 Å². The van der Waals surface area contributed by atoms with Crippen LogP contribution in [-0.4, -0.2) is 66.0 Å².